The van der Waals surface area contributed by atoms with Crippen molar-refractivity contribution in [3.8, 4) is 0 Å². The summed E-state index contributed by atoms with van der Waals surface area (Å²) in [5, 5.41) is 50.2. The van der Waals surface area contributed by atoms with E-state index in [1.54, 1.807) is 0 Å². The maximum atomic E-state index is 13.4. The highest BCUT2D eigenvalue weighted by Gasteiger charge is 2.33. The zero-order chi connectivity index (χ0) is 60.9. The molecule has 0 aromatic heterocycles. The number of esters is 4. The average molecular weight is 1170 g/mol. The Morgan fingerprint density at radius 2 is 0.622 bits per heavy atom. The van der Waals surface area contributed by atoms with Crippen molar-refractivity contribution in [2.24, 2.45) is 0 Å². The number of hydrogen-bond donors (Lipinski definition) is 6. The van der Waals surface area contributed by atoms with Gasteiger partial charge in [0.25, 0.3) is 0 Å². The lowest BCUT2D eigenvalue weighted by Crippen LogP contribution is -2.61. The Bertz CT molecular complexity index is 1470. The van der Waals surface area contributed by atoms with Crippen LogP contribution in [0.3, 0.4) is 0 Å². The minimum Gasteiger partial charge on any atom is -0.463 e. The van der Waals surface area contributed by atoms with Gasteiger partial charge in [-0.05, 0) is 182 Å². The number of nitrogens with zero attached hydrogens (tertiary/aromatic N) is 2. The molecule has 1 fully saturated rings. The van der Waals surface area contributed by atoms with E-state index in [0.717, 1.165) is 103 Å². The predicted octanol–water partition coefficient (Wildman–Crippen LogP) is 10.1. The second-order valence-corrected chi connectivity index (χ2v) is 24.0. The molecule has 6 N–H and O–H groups in total. The van der Waals surface area contributed by atoms with Crippen molar-refractivity contribution in [2.45, 2.75) is 335 Å². The molecule has 0 aromatic rings. The van der Waals surface area contributed by atoms with E-state index in [9.17, 15) is 49.2 Å². The lowest BCUT2D eigenvalue weighted by molar-refractivity contribution is -0.149. The van der Waals surface area contributed by atoms with Gasteiger partial charge in [0, 0.05) is 51.9 Å². The summed E-state index contributed by atoms with van der Waals surface area (Å²) in [7, 11) is 0. The highest BCUT2D eigenvalue weighted by atomic mass is 16.6. The van der Waals surface area contributed by atoms with Crippen LogP contribution in [0.25, 0.3) is 0 Å². The largest absolute Gasteiger partial charge is 0.463 e. The first-order valence-corrected chi connectivity index (χ1v) is 32.8. The molecule has 0 aliphatic carbocycles. The van der Waals surface area contributed by atoms with Gasteiger partial charge in [-0.25, -0.2) is 0 Å². The van der Waals surface area contributed by atoms with Crippen LogP contribution in [-0.4, -0.2) is 166 Å². The minimum atomic E-state index is -0.752. The van der Waals surface area contributed by atoms with E-state index in [1.165, 1.54) is 0 Å². The molecule has 18 nitrogen and oxygen atoms in total. The fourth-order valence-corrected chi connectivity index (χ4v) is 10.5. The Morgan fingerprint density at radius 3 is 0.854 bits per heavy atom. The third-order valence-electron chi connectivity index (χ3n) is 15.4. The highest BCUT2D eigenvalue weighted by Crippen LogP contribution is 2.18. The summed E-state index contributed by atoms with van der Waals surface area (Å²) < 4.78 is 22.3. The molecule has 1 aliphatic heterocycles. The van der Waals surface area contributed by atoms with Crippen LogP contribution < -0.4 is 10.6 Å². The molecule has 0 aromatic carbocycles. The van der Waals surface area contributed by atoms with Crippen LogP contribution in [0.4, 0.5) is 0 Å². The smallest absolute Gasteiger partial charge is 0.306 e. The molecule has 82 heavy (non-hydrogen) atoms. The maximum Gasteiger partial charge on any atom is 0.306 e. The van der Waals surface area contributed by atoms with E-state index in [2.05, 4.69) is 38.3 Å². The molecular formula is C64H120N4O14. The van der Waals surface area contributed by atoms with Gasteiger partial charge in [0.2, 0.25) is 11.8 Å². The number of carbonyl (C=O) groups is 6. The number of amides is 2. The molecule has 0 spiro atoms. The highest BCUT2D eigenvalue weighted by molar-refractivity contribution is 5.96. The number of piperazine rings is 1. The van der Waals surface area contributed by atoms with Crippen molar-refractivity contribution in [3.63, 3.8) is 0 Å². The lowest BCUT2D eigenvalue weighted by atomic mass is 10.0. The predicted molar refractivity (Wildman–Crippen MR) is 323 cm³/mol. The van der Waals surface area contributed by atoms with Crippen LogP contribution in [0.5, 0.6) is 0 Å². The molecule has 1 saturated heterocycles. The van der Waals surface area contributed by atoms with Crippen molar-refractivity contribution in [3.05, 3.63) is 0 Å². The Hall–Kier alpha value is -3.42. The SMILES string of the molecule is CCCCCC(C)OC(=O)CCCC(O)CN(CCCCC1NC(=O)C(CCCCN(CC(O)CCCC(=O)OC(C)CCCCC)CC(O)CCCC(=O)OC(C)CCCCC)NC1=O)CC(O)CCCC(=O)OC(C)CCCCC. The molecule has 0 radical (unpaired) electrons. The number of aliphatic hydroxyl groups excluding tert-OH is 4. The zero-order valence-corrected chi connectivity index (χ0v) is 52.8. The van der Waals surface area contributed by atoms with Crippen molar-refractivity contribution in [1.29, 1.82) is 0 Å². The second kappa shape index (κ2) is 48.8. The van der Waals surface area contributed by atoms with E-state index in [0.29, 0.717) is 103 Å². The van der Waals surface area contributed by atoms with Crippen LogP contribution >= 0.6 is 0 Å². The number of aliphatic hydroxyl groups is 4. The number of hydrogen-bond acceptors (Lipinski definition) is 16. The monoisotopic (exact) mass is 1170 g/mol. The van der Waals surface area contributed by atoms with Gasteiger partial charge in [-0.15, -0.1) is 0 Å². The number of unbranched alkanes of at least 4 members (excludes halogenated alkanes) is 10. The first-order chi connectivity index (χ1) is 39.3. The summed E-state index contributed by atoms with van der Waals surface area (Å²) in [5.41, 5.74) is 0. The number of nitrogens with one attached hydrogen (secondary N) is 2. The molecular weight excluding hydrogens is 1050 g/mol. The normalized spacial score (nSPS) is 17.5. The Labute approximate surface area is 496 Å². The molecule has 1 heterocycles. The van der Waals surface area contributed by atoms with Gasteiger partial charge in [-0.2, -0.15) is 0 Å². The molecule has 2 amide bonds. The summed E-state index contributed by atoms with van der Waals surface area (Å²) >= 11 is 0. The number of rotatable bonds is 54. The van der Waals surface area contributed by atoms with Crippen molar-refractivity contribution >= 4 is 35.7 Å². The van der Waals surface area contributed by atoms with Gasteiger partial charge in [0.05, 0.1) is 48.8 Å². The van der Waals surface area contributed by atoms with E-state index < -0.39 is 36.5 Å². The molecule has 480 valence electrons. The Kier molecular flexibility index (Phi) is 45.6. The van der Waals surface area contributed by atoms with E-state index in [-0.39, 0.29) is 112 Å². The van der Waals surface area contributed by atoms with Gasteiger partial charge in [0.1, 0.15) is 12.1 Å². The Balaban J connectivity index is 2.79. The van der Waals surface area contributed by atoms with Crippen LogP contribution in [0, 0.1) is 0 Å². The lowest BCUT2D eigenvalue weighted by Gasteiger charge is -2.31. The van der Waals surface area contributed by atoms with Crippen LogP contribution in [-0.2, 0) is 47.7 Å². The van der Waals surface area contributed by atoms with Gasteiger partial charge >= 0.3 is 23.9 Å². The topological polar surface area (TPSA) is 251 Å². The fourth-order valence-electron chi connectivity index (χ4n) is 10.5. The van der Waals surface area contributed by atoms with Gasteiger partial charge in [-0.1, -0.05) is 79.1 Å². The Morgan fingerprint density at radius 1 is 0.378 bits per heavy atom. The van der Waals surface area contributed by atoms with Crippen LogP contribution in [0.1, 0.15) is 274 Å². The molecule has 10 atom stereocenters. The minimum absolute atomic E-state index is 0.145. The van der Waals surface area contributed by atoms with Crippen molar-refractivity contribution in [2.75, 3.05) is 39.3 Å². The summed E-state index contributed by atoms with van der Waals surface area (Å²) in [5.74, 6) is -1.61. The van der Waals surface area contributed by atoms with E-state index >= 15 is 0 Å². The van der Waals surface area contributed by atoms with Crippen LogP contribution in [0.15, 0.2) is 0 Å². The standard InChI is InChI=1S/C64H120N4O14/c1-9-13-17-29-49(5)79-59(73)39-25-33-53(69)45-67(46-54(70)34-26-40-60(74)80-50(6)30-18-14-10-2)43-23-21-37-57-63(77)66-58(64(78)65-57)38-22-24-44-68(47-55(71)35-27-41-61(75)81-51(7)31-19-15-11-3)48-56(72)36-28-42-62(76)82-52(8)32-20-16-12-4/h49-58,69-72H,9-48H2,1-8H3,(H,65,78)(H,66,77). The molecule has 1 rings (SSSR count). The van der Waals surface area contributed by atoms with E-state index in [4.69, 9.17) is 18.9 Å². The third-order valence-corrected chi connectivity index (χ3v) is 15.4. The summed E-state index contributed by atoms with van der Waals surface area (Å²) in [6.07, 6.45) is 20.0. The first-order valence-electron chi connectivity index (χ1n) is 32.8. The van der Waals surface area contributed by atoms with Crippen LogP contribution in [0.2, 0.25) is 0 Å². The average Bonchev–Trinajstić information content (AvgIpc) is 3.47. The number of carbonyl (C=O) groups excluding carboxylic acids is 6. The van der Waals surface area contributed by atoms with E-state index in [1.807, 2.05) is 37.5 Å². The zero-order valence-electron chi connectivity index (χ0n) is 52.8. The van der Waals surface area contributed by atoms with Gasteiger partial charge < -0.3 is 50.0 Å². The molecule has 18 heteroatoms. The fraction of sp³-hybridized carbons (Fsp3) is 0.906. The summed E-state index contributed by atoms with van der Waals surface area (Å²) in [6, 6.07) is -1.41. The molecule has 0 bridgehead atoms. The third kappa shape index (κ3) is 41.6. The van der Waals surface area contributed by atoms with Gasteiger partial charge in [-0.3, -0.25) is 38.6 Å². The summed E-state index contributed by atoms with van der Waals surface area (Å²) in [6.45, 7) is 18.3. The van der Waals surface area contributed by atoms with Crippen molar-refractivity contribution in [1.82, 2.24) is 20.4 Å². The maximum absolute atomic E-state index is 13.4. The molecule has 10 unspecified atom stereocenters. The molecule has 0 saturated carbocycles. The molecule has 1 aliphatic rings. The second-order valence-electron chi connectivity index (χ2n) is 24.0. The summed E-state index contributed by atoms with van der Waals surface area (Å²) in [4.78, 5) is 80.7. The first kappa shape index (κ1) is 76.6. The van der Waals surface area contributed by atoms with Crippen molar-refractivity contribution < 1.29 is 68.1 Å². The quantitative estimate of drug-likeness (QED) is 0.0188. The number of ether oxygens (including phenoxy) is 4. The van der Waals surface area contributed by atoms with Gasteiger partial charge in [0.15, 0.2) is 0 Å².